The van der Waals surface area contributed by atoms with E-state index in [1.807, 2.05) is 0 Å². The van der Waals surface area contributed by atoms with Crippen molar-refractivity contribution in [3.8, 4) is 0 Å². The second kappa shape index (κ2) is 19.1. The number of alkyl halides is 1. The molecule has 0 rings (SSSR count). The van der Waals surface area contributed by atoms with Crippen LogP contribution in [0.3, 0.4) is 0 Å². The van der Waals surface area contributed by atoms with Crippen LogP contribution in [0, 0.1) is 0 Å². The molecule has 0 unspecified atom stereocenters. The first-order chi connectivity index (χ1) is 10.6. The molecule has 0 amide bonds. The molecule has 0 saturated carbocycles. The van der Waals surface area contributed by atoms with E-state index in [1.165, 1.54) is 107 Å². The number of halogens is 2. The summed E-state index contributed by atoms with van der Waals surface area (Å²) in [4.78, 5) is 0. The third-order valence-corrected chi connectivity index (χ3v) is 5.32. The molecule has 0 fully saturated rings. The van der Waals surface area contributed by atoms with Crippen molar-refractivity contribution in [2.45, 2.75) is 96.8 Å². The Kier molecular flexibility index (Phi) is 21.5. The van der Waals surface area contributed by atoms with Crippen molar-refractivity contribution in [2.75, 3.05) is 32.5 Å². The van der Waals surface area contributed by atoms with Gasteiger partial charge in [-0.3, -0.25) is 0 Å². The standard InChI is InChI=1S/C20H43BrN.ClH/c1-4-5-6-7-8-9-10-11-12-13-14-15-16-19-22(2,3)20-17-18-21;/h4-20H2,1-3H3;1H/q+1;/p-1. The van der Waals surface area contributed by atoms with Gasteiger partial charge in [-0.1, -0.05) is 93.5 Å². The molecule has 0 heterocycles. The van der Waals surface area contributed by atoms with Crippen LogP contribution < -0.4 is 12.4 Å². The lowest BCUT2D eigenvalue weighted by molar-refractivity contribution is -0.890. The molecule has 0 spiro atoms. The van der Waals surface area contributed by atoms with E-state index in [0.717, 1.165) is 5.33 Å². The lowest BCUT2D eigenvalue weighted by Crippen LogP contribution is -3.00. The van der Waals surface area contributed by atoms with Crippen LogP contribution in [0.15, 0.2) is 0 Å². The van der Waals surface area contributed by atoms with Crippen LogP contribution in [-0.4, -0.2) is 37.0 Å². The summed E-state index contributed by atoms with van der Waals surface area (Å²) in [5, 5.41) is 1.15. The lowest BCUT2D eigenvalue weighted by atomic mass is 10.0. The van der Waals surface area contributed by atoms with Gasteiger partial charge in [0, 0.05) is 11.8 Å². The average Bonchev–Trinajstić information content (AvgIpc) is 2.50. The monoisotopic (exact) mass is 411 g/mol. The SMILES string of the molecule is CCCCCCCCCCCCCCC[N+](C)(C)CCCBr.[Cl-]. The van der Waals surface area contributed by atoms with Gasteiger partial charge >= 0.3 is 0 Å². The predicted molar refractivity (Wildman–Crippen MR) is 106 cm³/mol. The summed E-state index contributed by atoms with van der Waals surface area (Å²) in [7, 11) is 4.76. The number of quaternary nitrogens is 1. The third-order valence-electron chi connectivity index (χ3n) is 4.76. The van der Waals surface area contributed by atoms with Crippen molar-refractivity contribution in [3.05, 3.63) is 0 Å². The van der Waals surface area contributed by atoms with Crippen molar-refractivity contribution in [1.29, 1.82) is 0 Å². The molecule has 0 aliphatic rings. The van der Waals surface area contributed by atoms with E-state index in [4.69, 9.17) is 0 Å². The molecule has 0 N–H and O–H groups in total. The van der Waals surface area contributed by atoms with Crippen LogP contribution in [0.25, 0.3) is 0 Å². The summed E-state index contributed by atoms with van der Waals surface area (Å²) in [5.41, 5.74) is 0. The average molecular weight is 413 g/mol. The molecule has 0 saturated heterocycles. The fourth-order valence-corrected chi connectivity index (χ4v) is 3.41. The topological polar surface area (TPSA) is 0 Å². The van der Waals surface area contributed by atoms with E-state index >= 15 is 0 Å². The molecule has 0 atom stereocenters. The zero-order valence-electron chi connectivity index (χ0n) is 16.2. The van der Waals surface area contributed by atoms with E-state index < -0.39 is 0 Å². The van der Waals surface area contributed by atoms with Crippen molar-refractivity contribution in [2.24, 2.45) is 0 Å². The molecular weight excluding hydrogens is 370 g/mol. The highest BCUT2D eigenvalue weighted by molar-refractivity contribution is 9.09. The van der Waals surface area contributed by atoms with E-state index in [2.05, 4.69) is 36.9 Å². The summed E-state index contributed by atoms with van der Waals surface area (Å²) in [6, 6.07) is 0. The Morgan fingerprint density at radius 1 is 0.565 bits per heavy atom. The largest absolute Gasteiger partial charge is 1.00 e. The molecule has 0 aromatic heterocycles. The minimum Gasteiger partial charge on any atom is -1.00 e. The third kappa shape index (κ3) is 20.7. The summed E-state index contributed by atoms with van der Waals surface area (Å²) < 4.78 is 1.20. The smallest absolute Gasteiger partial charge is 0.0790 e. The molecule has 0 bridgehead atoms. The second-order valence-corrected chi connectivity index (χ2v) is 8.46. The van der Waals surface area contributed by atoms with Crippen molar-refractivity contribution in [1.82, 2.24) is 0 Å². The number of hydrogen-bond acceptors (Lipinski definition) is 0. The number of nitrogens with zero attached hydrogens (tertiary/aromatic N) is 1. The molecule has 23 heavy (non-hydrogen) atoms. The lowest BCUT2D eigenvalue weighted by Gasteiger charge is -2.29. The summed E-state index contributed by atoms with van der Waals surface area (Å²) in [5.74, 6) is 0. The van der Waals surface area contributed by atoms with Crippen LogP contribution >= 0.6 is 15.9 Å². The van der Waals surface area contributed by atoms with Crippen LogP contribution in [0.4, 0.5) is 0 Å². The quantitative estimate of drug-likeness (QED) is 0.193. The van der Waals surface area contributed by atoms with Crippen LogP contribution in [0.2, 0.25) is 0 Å². The van der Waals surface area contributed by atoms with Crippen LogP contribution in [-0.2, 0) is 0 Å². The van der Waals surface area contributed by atoms with Gasteiger partial charge in [-0.2, -0.15) is 0 Å². The molecule has 0 aliphatic heterocycles. The summed E-state index contributed by atoms with van der Waals surface area (Å²) in [6.45, 7) is 4.96. The van der Waals surface area contributed by atoms with Gasteiger partial charge in [-0.05, 0) is 12.8 Å². The zero-order chi connectivity index (χ0) is 16.5. The Morgan fingerprint density at radius 2 is 0.913 bits per heavy atom. The van der Waals surface area contributed by atoms with E-state index in [9.17, 15) is 0 Å². The maximum Gasteiger partial charge on any atom is 0.0790 e. The highest BCUT2D eigenvalue weighted by atomic mass is 79.9. The van der Waals surface area contributed by atoms with Crippen molar-refractivity contribution < 1.29 is 16.9 Å². The van der Waals surface area contributed by atoms with Gasteiger partial charge in [0.1, 0.15) is 0 Å². The Bertz CT molecular complexity index is 222. The normalized spacial score (nSPS) is 11.5. The molecule has 0 aliphatic carbocycles. The fourth-order valence-electron chi connectivity index (χ4n) is 3.16. The van der Waals surface area contributed by atoms with E-state index in [-0.39, 0.29) is 12.4 Å². The highest BCUT2D eigenvalue weighted by Crippen LogP contribution is 2.13. The van der Waals surface area contributed by atoms with Gasteiger partial charge in [0.2, 0.25) is 0 Å². The first-order valence-electron chi connectivity index (χ1n) is 10.0. The summed E-state index contributed by atoms with van der Waals surface area (Å²) >= 11 is 3.54. The number of hydrogen-bond donors (Lipinski definition) is 0. The Labute approximate surface area is 162 Å². The first-order valence-corrected chi connectivity index (χ1v) is 11.1. The molecular formula is C20H43BrClN. The molecule has 1 nitrogen and oxygen atoms in total. The van der Waals surface area contributed by atoms with Crippen molar-refractivity contribution >= 4 is 15.9 Å². The van der Waals surface area contributed by atoms with Gasteiger partial charge < -0.3 is 16.9 Å². The maximum absolute atomic E-state index is 3.54. The number of rotatable bonds is 17. The summed E-state index contributed by atoms with van der Waals surface area (Å²) in [6.07, 6.45) is 20.2. The first kappa shape index (κ1) is 26.0. The van der Waals surface area contributed by atoms with Crippen LogP contribution in [0.1, 0.15) is 96.8 Å². The minimum absolute atomic E-state index is 0. The molecule has 3 heteroatoms. The molecule has 0 radical (unpaired) electrons. The van der Waals surface area contributed by atoms with Gasteiger partial charge in [-0.25, -0.2) is 0 Å². The molecule has 0 aromatic rings. The highest BCUT2D eigenvalue weighted by Gasteiger charge is 2.12. The van der Waals surface area contributed by atoms with E-state index in [1.54, 1.807) is 0 Å². The van der Waals surface area contributed by atoms with Crippen molar-refractivity contribution in [3.63, 3.8) is 0 Å². The number of unbranched alkanes of at least 4 members (excludes halogenated alkanes) is 12. The van der Waals surface area contributed by atoms with E-state index in [0.29, 0.717) is 0 Å². The maximum atomic E-state index is 3.54. The Morgan fingerprint density at radius 3 is 1.30 bits per heavy atom. The van der Waals surface area contributed by atoms with Gasteiger partial charge in [0.25, 0.3) is 0 Å². The van der Waals surface area contributed by atoms with Gasteiger partial charge in [0.15, 0.2) is 0 Å². The zero-order valence-corrected chi connectivity index (χ0v) is 18.6. The molecule has 0 aromatic carbocycles. The van der Waals surface area contributed by atoms with Gasteiger partial charge in [0.05, 0.1) is 27.2 Å². The second-order valence-electron chi connectivity index (χ2n) is 7.67. The van der Waals surface area contributed by atoms with Gasteiger partial charge in [-0.15, -0.1) is 0 Å². The Balaban J connectivity index is 0. The van der Waals surface area contributed by atoms with Crippen LogP contribution in [0.5, 0.6) is 0 Å². The minimum atomic E-state index is 0. The fraction of sp³-hybridized carbons (Fsp3) is 1.00. The molecule has 142 valence electrons. The Hall–Kier alpha value is 0.730. The predicted octanol–water partition coefficient (Wildman–Crippen LogP) is 3.94.